The topological polar surface area (TPSA) is 94.5 Å². The van der Waals surface area contributed by atoms with Crippen LogP contribution < -0.4 is 10.6 Å². The number of allylic oxidation sites excluding steroid dienone is 1. The van der Waals surface area contributed by atoms with Gasteiger partial charge in [-0.2, -0.15) is 5.26 Å². The number of piperidine rings is 1. The number of hydrogen-bond acceptors (Lipinski definition) is 5. The number of alkyl carbamates (subject to hydrolysis) is 1. The van der Waals surface area contributed by atoms with E-state index in [0.29, 0.717) is 18.9 Å². The predicted octanol–water partition coefficient (Wildman–Crippen LogP) is 5.72. The average Bonchev–Trinajstić information content (AvgIpc) is 2.91. The summed E-state index contributed by atoms with van der Waals surface area (Å²) in [6.45, 7) is 10.9. The lowest BCUT2D eigenvalue weighted by Gasteiger charge is -2.32. The number of rotatable bonds is 11. The fourth-order valence-electron chi connectivity index (χ4n) is 4.93. The Bertz CT molecular complexity index is 1140. The van der Waals surface area contributed by atoms with E-state index < -0.39 is 17.7 Å². The molecule has 3 rings (SSSR count). The Morgan fingerprint density at radius 1 is 1.07 bits per heavy atom. The monoisotopic (exact) mass is 544 g/mol. The van der Waals surface area contributed by atoms with Crippen molar-refractivity contribution in [2.45, 2.75) is 77.5 Å². The number of ether oxygens (including phenoxy) is 1. The number of carbonyl (C=O) groups excluding carboxylic acids is 2. The van der Waals surface area contributed by atoms with Crippen molar-refractivity contribution in [3.8, 4) is 6.07 Å². The molecule has 0 bridgehead atoms. The van der Waals surface area contributed by atoms with Crippen LogP contribution in [0.15, 0.2) is 66.7 Å². The first-order valence-corrected chi connectivity index (χ1v) is 14.3. The molecule has 1 aliphatic heterocycles. The van der Waals surface area contributed by atoms with Crippen LogP contribution in [0.5, 0.6) is 0 Å². The first-order chi connectivity index (χ1) is 19.1. The highest BCUT2D eigenvalue weighted by Crippen LogP contribution is 2.29. The van der Waals surface area contributed by atoms with E-state index in [1.807, 2.05) is 33.8 Å². The van der Waals surface area contributed by atoms with Gasteiger partial charge in [-0.15, -0.1) is 0 Å². The number of benzene rings is 2. The van der Waals surface area contributed by atoms with Gasteiger partial charge >= 0.3 is 6.09 Å². The maximum absolute atomic E-state index is 12.5. The smallest absolute Gasteiger partial charge is 0.407 e. The number of amides is 2. The molecule has 0 spiro atoms. The molecule has 2 atom stereocenters. The quantitative estimate of drug-likeness (QED) is 0.353. The van der Waals surface area contributed by atoms with Crippen molar-refractivity contribution in [3.05, 3.63) is 83.4 Å². The second kappa shape index (κ2) is 15.2. The molecule has 2 N–H and O–H groups in total. The van der Waals surface area contributed by atoms with Gasteiger partial charge in [-0.05, 0) is 75.2 Å². The Kier molecular flexibility index (Phi) is 11.8. The van der Waals surface area contributed by atoms with Gasteiger partial charge in [-0.3, -0.25) is 9.69 Å². The van der Waals surface area contributed by atoms with Crippen LogP contribution in [-0.2, 0) is 22.5 Å². The van der Waals surface area contributed by atoms with Gasteiger partial charge in [0.1, 0.15) is 11.6 Å². The highest BCUT2D eigenvalue weighted by atomic mass is 16.6. The first-order valence-electron chi connectivity index (χ1n) is 14.3. The molecule has 7 heteroatoms. The first kappa shape index (κ1) is 30.9. The maximum Gasteiger partial charge on any atom is 0.407 e. The molecule has 1 saturated heterocycles. The second-order valence-corrected chi connectivity index (χ2v) is 11.7. The summed E-state index contributed by atoms with van der Waals surface area (Å²) in [5, 5.41) is 15.1. The molecular formula is C33H44N4O3. The Labute approximate surface area is 239 Å². The Balaban J connectivity index is 1.38. The average molecular weight is 545 g/mol. The standard InChI is InChI=1S/C33H44N4O3/c1-25(9-8-18-35-32(39)40-33(2,3)4)21-31(38)36-30(23-34)22-26-12-14-28(15-13-26)29-16-19-37(20-17-29)24-27-10-6-5-7-11-27/h5-15,25,29-30H,16-22,24H2,1-4H3,(H,35,39)(H,36,38)/b9-8-/t25-,30?/m1/s1. The molecular weight excluding hydrogens is 500 g/mol. The molecule has 1 heterocycles. The third-order valence-electron chi connectivity index (χ3n) is 6.95. The number of nitrogens with zero attached hydrogens (tertiary/aromatic N) is 2. The zero-order chi connectivity index (χ0) is 29.0. The van der Waals surface area contributed by atoms with Gasteiger partial charge in [0, 0.05) is 25.9 Å². The van der Waals surface area contributed by atoms with Gasteiger partial charge in [0.25, 0.3) is 0 Å². The van der Waals surface area contributed by atoms with Crippen molar-refractivity contribution >= 4 is 12.0 Å². The van der Waals surface area contributed by atoms with Crippen LogP contribution in [0, 0.1) is 17.2 Å². The van der Waals surface area contributed by atoms with Gasteiger partial charge in [0.05, 0.1) is 6.07 Å². The highest BCUT2D eigenvalue weighted by molar-refractivity contribution is 5.77. The lowest BCUT2D eigenvalue weighted by atomic mass is 9.88. The van der Waals surface area contributed by atoms with E-state index >= 15 is 0 Å². The van der Waals surface area contributed by atoms with E-state index in [0.717, 1.165) is 38.0 Å². The molecule has 0 aromatic heterocycles. The van der Waals surface area contributed by atoms with Gasteiger partial charge in [0.15, 0.2) is 0 Å². The van der Waals surface area contributed by atoms with Crippen molar-refractivity contribution in [3.63, 3.8) is 0 Å². The summed E-state index contributed by atoms with van der Waals surface area (Å²) in [5.41, 5.74) is 3.21. The fourth-order valence-corrected chi connectivity index (χ4v) is 4.93. The third kappa shape index (κ3) is 11.2. The summed E-state index contributed by atoms with van der Waals surface area (Å²) in [5.74, 6) is 0.363. The Morgan fingerprint density at radius 3 is 2.38 bits per heavy atom. The van der Waals surface area contributed by atoms with Crippen molar-refractivity contribution in [1.82, 2.24) is 15.5 Å². The number of nitriles is 1. The summed E-state index contributed by atoms with van der Waals surface area (Å²) in [4.78, 5) is 26.7. The molecule has 2 aromatic rings. The number of hydrogen-bond donors (Lipinski definition) is 2. The maximum atomic E-state index is 12.5. The minimum absolute atomic E-state index is 0.0295. The Hall–Kier alpha value is -3.63. The number of nitrogens with one attached hydrogen (secondary N) is 2. The van der Waals surface area contributed by atoms with Gasteiger partial charge in [-0.1, -0.05) is 73.7 Å². The van der Waals surface area contributed by atoms with Gasteiger partial charge < -0.3 is 15.4 Å². The molecule has 1 unspecified atom stereocenters. The minimum Gasteiger partial charge on any atom is -0.444 e. The van der Waals surface area contributed by atoms with Crippen LogP contribution in [0.25, 0.3) is 0 Å². The second-order valence-electron chi connectivity index (χ2n) is 11.7. The van der Waals surface area contributed by atoms with Crippen molar-refractivity contribution in [2.75, 3.05) is 19.6 Å². The molecule has 1 aliphatic rings. The number of likely N-dealkylation sites (tertiary alicyclic amines) is 1. The molecule has 2 aromatic carbocycles. The molecule has 40 heavy (non-hydrogen) atoms. The van der Waals surface area contributed by atoms with Crippen LogP contribution in [0.1, 0.15) is 69.6 Å². The summed E-state index contributed by atoms with van der Waals surface area (Å²) in [6.07, 6.45) is 6.24. The van der Waals surface area contributed by atoms with Gasteiger partial charge in [0.2, 0.25) is 5.91 Å². The van der Waals surface area contributed by atoms with E-state index in [4.69, 9.17) is 4.74 Å². The van der Waals surface area contributed by atoms with Crippen molar-refractivity contribution in [2.24, 2.45) is 5.92 Å². The zero-order valence-electron chi connectivity index (χ0n) is 24.4. The third-order valence-corrected chi connectivity index (χ3v) is 6.95. The SMILES string of the molecule is C[C@H](/C=C\CNC(=O)OC(C)(C)C)CC(=O)NC(C#N)Cc1ccc(C2CCN(Cc3ccccc3)CC2)cc1. The lowest BCUT2D eigenvalue weighted by Crippen LogP contribution is -2.36. The largest absolute Gasteiger partial charge is 0.444 e. The highest BCUT2D eigenvalue weighted by Gasteiger charge is 2.21. The number of carbonyl (C=O) groups is 2. The fraction of sp³-hybridized carbons (Fsp3) is 0.485. The zero-order valence-corrected chi connectivity index (χ0v) is 24.4. The van der Waals surface area contributed by atoms with E-state index in [9.17, 15) is 14.9 Å². The van der Waals surface area contributed by atoms with Crippen LogP contribution in [0.2, 0.25) is 0 Å². The van der Waals surface area contributed by atoms with E-state index in [1.165, 1.54) is 11.1 Å². The van der Waals surface area contributed by atoms with Crippen LogP contribution >= 0.6 is 0 Å². The summed E-state index contributed by atoms with van der Waals surface area (Å²) >= 11 is 0. The molecule has 1 fully saturated rings. The van der Waals surface area contributed by atoms with Gasteiger partial charge in [-0.25, -0.2) is 4.79 Å². The summed E-state index contributed by atoms with van der Waals surface area (Å²) < 4.78 is 5.19. The normalized spacial score (nSPS) is 16.2. The van der Waals surface area contributed by atoms with Crippen molar-refractivity contribution in [1.29, 1.82) is 5.26 Å². The molecule has 2 amide bonds. The van der Waals surface area contributed by atoms with E-state index in [2.05, 4.69) is 76.2 Å². The minimum atomic E-state index is -0.579. The Morgan fingerprint density at radius 2 is 1.75 bits per heavy atom. The molecule has 0 radical (unpaired) electrons. The van der Waals surface area contributed by atoms with Crippen molar-refractivity contribution < 1.29 is 14.3 Å². The van der Waals surface area contributed by atoms with Crippen LogP contribution in [-0.4, -0.2) is 48.2 Å². The molecule has 0 saturated carbocycles. The molecule has 7 nitrogen and oxygen atoms in total. The van der Waals surface area contributed by atoms with E-state index in [-0.39, 0.29) is 18.2 Å². The summed E-state index contributed by atoms with van der Waals surface area (Å²) in [6, 6.07) is 20.8. The molecule has 214 valence electrons. The summed E-state index contributed by atoms with van der Waals surface area (Å²) in [7, 11) is 0. The lowest BCUT2D eigenvalue weighted by molar-refractivity contribution is -0.122. The molecule has 0 aliphatic carbocycles. The van der Waals surface area contributed by atoms with Crippen LogP contribution in [0.3, 0.4) is 0 Å². The van der Waals surface area contributed by atoms with E-state index in [1.54, 1.807) is 6.08 Å². The predicted molar refractivity (Wildman–Crippen MR) is 159 cm³/mol. The van der Waals surface area contributed by atoms with Crippen LogP contribution in [0.4, 0.5) is 4.79 Å².